The molecule has 0 radical (unpaired) electrons. The van der Waals surface area contributed by atoms with Crippen LogP contribution in [0.3, 0.4) is 0 Å². The molecule has 1 amide bonds. The highest BCUT2D eigenvalue weighted by Crippen LogP contribution is 2.29. The Morgan fingerprint density at radius 3 is 2.82 bits per heavy atom. The molecule has 1 aromatic carbocycles. The third-order valence-electron chi connectivity index (χ3n) is 4.55. The molecule has 22 heavy (non-hydrogen) atoms. The number of benzene rings is 1. The average Bonchev–Trinajstić information content (AvgIpc) is 2.97. The van der Waals surface area contributed by atoms with Crippen molar-refractivity contribution in [3.63, 3.8) is 0 Å². The van der Waals surface area contributed by atoms with Crippen LogP contribution < -0.4 is 16.0 Å². The largest absolute Gasteiger partial charge is 0.381 e. The zero-order chi connectivity index (χ0) is 15.6. The number of carbonyl (C=O) groups is 1. The van der Waals surface area contributed by atoms with Crippen molar-refractivity contribution in [2.75, 3.05) is 31.2 Å². The summed E-state index contributed by atoms with van der Waals surface area (Å²) >= 11 is 3.59. The molecule has 2 aliphatic heterocycles. The second-order valence-electron chi connectivity index (χ2n) is 6.12. The third kappa shape index (κ3) is 3.29. The number of hydrogen-bond acceptors (Lipinski definition) is 4. The molecule has 2 aliphatic rings. The van der Waals surface area contributed by atoms with Crippen LogP contribution in [-0.2, 0) is 9.53 Å². The van der Waals surface area contributed by atoms with E-state index in [1.807, 2.05) is 18.2 Å². The van der Waals surface area contributed by atoms with Crippen molar-refractivity contribution in [1.82, 2.24) is 5.32 Å². The number of amides is 1. The molecular formula is C16H22BrN3O2. The van der Waals surface area contributed by atoms with Gasteiger partial charge in [-0.3, -0.25) is 4.79 Å². The Hall–Kier alpha value is -1.11. The Kier molecular flexibility index (Phi) is 4.70. The van der Waals surface area contributed by atoms with Crippen LogP contribution in [0.1, 0.15) is 19.3 Å². The standard InChI is InChI=1S/C16H22BrN3O2/c17-13-3-1-2-4-14(13)20-8-5-12(11-20)19-15(21)16(18)6-9-22-10-7-16/h1-4,12H,5-11,18H2,(H,19,21). The van der Waals surface area contributed by atoms with E-state index >= 15 is 0 Å². The van der Waals surface area contributed by atoms with Crippen LogP contribution in [0.5, 0.6) is 0 Å². The highest BCUT2D eigenvalue weighted by Gasteiger charge is 2.37. The van der Waals surface area contributed by atoms with Gasteiger partial charge in [0.2, 0.25) is 5.91 Å². The predicted molar refractivity (Wildman–Crippen MR) is 89.9 cm³/mol. The molecule has 3 rings (SSSR count). The molecule has 0 bridgehead atoms. The number of nitrogens with two attached hydrogens (primary N) is 1. The van der Waals surface area contributed by atoms with Crippen LogP contribution in [-0.4, -0.2) is 43.8 Å². The second kappa shape index (κ2) is 6.56. The van der Waals surface area contributed by atoms with Crippen molar-refractivity contribution in [3.05, 3.63) is 28.7 Å². The first-order valence-electron chi connectivity index (χ1n) is 7.75. The summed E-state index contributed by atoms with van der Waals surface area (Å²) in [6.45, 7) is 2.89. The maximum atomic E-state index is 12.5. The number of carbonyl (C=O) groups excluding carboxylic acids is 1. The number of ether oxygens (including phenoxy) is 1. The topological polar surface area (TPSA) is 67.6 Å². The summed E-state index contributed by atoms with van der Waals surface area (Å²) in [5.74, 6) is -0.0326. The molecule has 2 heterocycles. The van der Waals surface area contributed by atoms with E-state index in [2.05, 4.69) is 32.2 Å². The van der Waals surface area contributed by atoms with Crippen molar-refractivity contribution >= 4 is 27.5 Å². The zero-order valence-electron chi connectivity index (χ0n) is 12.6. The highest BCUT2D eigenvalue weighted by molar-refractivity contribution is 9.10. The van der Waals surface area contributed by atoms with Gasteiger partial charge in [-0.05, 0) is 47.3 Å². The maximum Gasteiger partial charge on any atom is 0.240 e. The van der Waals surface area contributed by atoms with Crippen molar-refractivity contribution in [1.29, 1.82) is 0 Å². The molecular weight excluding hydrogens is 346 g/mol. The molecule has 2 saturated heterocycles. The van der Waals surface area contributed by atoms with Crippen LogP contribution in [0, 0.1) is 0 Å². The monoisotopic (exact) mass is 367 g/mol. The molecule has 1 aromatic rings. The maximum absolute atomic E-state index is 12.5. The van der Waals surface area contributed by atoms with Crippen LogP contribution >= 0.6 is 15.9 Å². The number of hydrogen-bond donors (Lipinski definition) is 2. The first-order chi connectivity index (χ1) is 10.6. The second-order valence-corrected chi connectivity index (χ2v) is 6.98. The van der Waals surface area contributed by atoms with Crippen molar-refractivity contribution in [3.8, 4) is 0 Å². The molecule has 120 valence electrons. The summed E-state index contributed by atoms with van der Waals surface area (Å²) in [5, 5.41) is 3.13. The fourth-order valence-electron chi connectivity index (χ4n) is 3.10. The van der Waals surface area contributed by atoms with Crippen molar-refractivity contribution in [2.45, 2.75) is 30.8 Å². The molecule has 6 heteroatoms. The molecule has 1 atom stereocenters. The van der Waals surface area contributed by atoms with E-state index < -0.39 is 5.54 Å². The fraction of sp³-hybridized carbons (Fsp3) is 0.562. The lowest BCUT2D eigenvalue weighted by molar-refractivity contribution is -0.130. The van der Waals surface area contributed by atoms with Gasteiger partial charge in [-0.2, -0.15) is 0 Å². The van der Waals surface area contributed by atoms with E-state index in [4.69, 9.17) is 10.5 Å². The number of para-hydroxylation sites is 1. The summed E-state index contributed by atoms with van der Waals surface area (Å²) in [5.41, 5.74) is 6.65. The minimum Gasteiger partial charge on any atom is -0.381 e. The van der Waals surface area contributed by atoms with Gasteiger partial charge < -0.3 is 20.7 Å². The molecule has 0 aromatic heterocycles. The van der Waals surface area contributed by atoms with Gasteiger partial charge in [0.05, 0.1) is 11.2 Å². The lowest BCUT2D eigenvalue weighted by Gasteiger charge is -2.33. The van der Waals surface area contributed by atoms with Gasteiger partial charge in [0.15, 0.2) is 0 Å². The van der Waals surface area contributed by atoms with Gasteiger partial charge in [0.1, 0.15) is 0 Å². The summed E-state index contributed by atoms with van der Waals surface area (Å²) in [6.07, 6.45) is 2.14. The van der Waals surface area contributed by atoms with Crippen molar-refractivity contribution in [2.24, 2.45) is 5.73 Å². The minimum absolute atomic E-state index is 0.0326. The summed E-state index contributed by atoms with van der Waals surface area (Å²) in [4.78, 5) is 14.8. The normalized spacial score (nSPS) is 24.3. The first-order valence-corrected chi connectivity index (χ1v) is 8.55. The number of nitrogens with one attached hydrogen (secondary N) is 1. The Morgan fingerprint density at radius 1 is 1.36 bits per heavy atom. The predicted octanol–water partition coefficient (Wildman–Crippen LogP) is 1.65. The van der Waals surface area contributed by atoms with Gasteiger partial charge in [0.25, 0.3) is 0 Å². The van der Waals surface area contributed by atoms with Gasteiger partial charge in [-0.25, -0.2) is 0 Å². The van der Waals surface area contributed by atoms with Gasteiger partial charge >= 0.3 is 0 Å². The third-order valence-corrected chi connectivity index (χ3v) is 5.22. The van der Waals surface area contributed by atoms with Crippen molar-refractivity contribution < 1.29 is 9.53 Å². The molecule has 1 unspecified atom stereocenters. The lowest BCUT2D eigenvalue weighted by atomic mass is 9.90. The first kappa shape index (κ1) is 15.8. The Labute approximate surface area is 139 Å². The lowest BCUT2D eigenvalue weighted by Crippen LogP contribution is -2.59. The molecule has 2 fully saturated rings. The van der Waals surface area contributed by atoms with Crippen LogP contribution in [0.15, 0.2) is 28.7 Å². The zero-order valence-corrected chi connectivity index (χ0v) is 14.1. The van der Waals surface area contributed by atoms with Crippen LogP contribution in [0.2, 0.25) is 0 Å². The number of anilines is 1. The van der Waals surface area contributed by atoms with E-state index in [0.29, 0.717) is 26.1 Å². The molecule has 0 spiro atoms. The van der Waals surface area contributed by atoms with Crippen LogP contribution in [0.4, 0.5) is 5.69 Å². The SMILES string of the molecule is NC1(C(=O)NC2CCN(c3ccccc3Br)C2)CCOCC1. The van der Waals surface area contributed by atoms with E-state index in [1.165, 1.54) is 5.69 Å². The highest BCUT2D eigenvalue weighted by atomic mass is 79.9. The molecule has 0 saturated carbocycles. The summed E-state index contributed by atoms with van der Waals surface area (Å²) < 4.78 is 6.38. The smallest absolute Gasteiger partial charge is 0.240 e. The van der Waals surface area contributed by atoms with Gasteiger partial charge in [-0.1, -0.05) is 12.1 Å². The summed E-state index contributed by atoms with van der Waals surface area (Å²) in [6, 6.07) is 8.33. The quantitative estimate of drug-likeness (QED) is 0.852. The minimum atomic E-state index is -0.765. The van der Waals surface area contributed by atoms with E-state index in [1.54, 1.807) is 0 Å². The number of halogens is 1. The number of nitrogens with zero attached hydrogens (tertiary/aromatic N) is 1. The van der Waals surface area contributed by atoms with E-state index in [9.17, 15) is 4.79 Å². The Balaban J connectivity index is 1.59. The molecule has 5 nitrogen and oxygen atoms in total. The van der Waals surface area contributed by atoms with Gasteiger partial charge in [-0.15, -0.1) is 0 Å². The molecule has 3 N–H and O–H groups in total. The van der Waals surface area contributed by atoms with E-state index in [0.717, 1.165) is 24.0 Å². The Morgan fingerprint density at radius 2 is 2.09 bits per heavy atom. The van der Waals surface area contributed by atoms with Gasteiger partial charge in [0, 0.05) is 36.8 Å². The fourth-order valence-corrected chi connectivity index (χ4v) is 3.63. The van der Waals surface area contributed by atoms with Crippen LogP contribution in [0.25, 0.3) is 0 Å². The number of rotatable bonds is 3. The Bertz CT molecular complexity index is 546. The van der Waals surface area contributed by atoms with E-state index in [-0.39, 0.29) is 11.9 Å². The average molecular weight is 368 g/mol. The molecule has 0 aliphatic carbocycles. The summed E-state index contributed by atoms with van der Waals surface area (Å²) in [7, 11) is 0.